The molecule has 1 aliphatic heterocycles. The van der Waals surface area contributed by atoms with E-state index in [1.807, 2.05) is 25.1 Å². The molecule has 0 saturated heterocycles. The number of fused-ring (bicyclic) bond motifs is 1. The highest BCUT2D eigenvalue weighted by molar-refractivity contribution is 5.95. The van der Waals surface area contributed by atoms with Gasteiger partial charge in [-0.05, 0) is 36.8 Å². The van der Waals surface area contributed by atoms with E-state index in [-0.39, 0.29) is 18.7 Å². The fraction of sp³-hybridized carbons (Fsp3) is 0.176. The van der Waals surface area contributed by atoms with Crippen molar-refractivity contribution in [1.82, 2.24) is 5.32 Å². The number of carbonyl (C=O) groups excluding carboxylic acids is 2. The van der Waals surface area contributed by atoms with E-state index >= 15 is 0 Å². The van der Waals surface area contributed by atoms with Crippen LogP contribution < -0.4 is 14.8 Å². The van der Waals surface area contributed by atoms with Gasteiger partial charge in [0.1, 0.15) is 6.29 Å². The summed E-state index contributed by atoms with van der Waals surface area (Å²) in [5.74, 6) is 1.21. The molecule has 0 aromatic heterocycles. The van der Waals surface area contributed by atoms with Crippen molar-refractivity contribution in [3.05, 3.63) is 59.2 Å². The average molecular weight is 297 g/mol. The average Bonchev–Trinajstić information content (AvgIpc) is 3.02. The first-order chi connectivity index (χ1) is 10.7. The Hall–Kier alpha value is -2.82. The Morgan fingerprint density at radius 1 is 1.14 bits per heavy atom. The predicted molar refractivity (Wildman–Crippen MR) is 80.3 cm³/mol. The SMILES string of the molecule is CC(NC(=O)c1ccc(C=O)cc1)c1ccc2c(c1)OCO2. The van der Waals surface area contributed by atoms with E-state index in [4.69, 9.17) is 9.47 Å². The maximum absolute atomic E-state index is 12.2. The van der Waals surface area contributed by atoms with Crippen molar-refractivity contribution in [2.45, 2.75) is 13.0 Å². The lowest BCUT2D eigenvalue weighted by Crippen LogP contribution is -2.26. The van der Waals surface area contributed by atoms with E-state index in [0.29, 0.717) is 22.6 Å². The largest absolute Gasteiger partial charge is 0.454 e. The van der Waals surface area contributed by atoms with Gasteiger partial charge in [-0.25, -0.2) is 0 Å². The van der Waals surface area contributed by atoms with Gasteiger partial charge in [0.15, 0.2) is 11.5 Å². The Morgan fingerprint density at radius 2 is 1.86 bits per heavy atom. The zero-order chi connectivity index (χ0) is 15.5. The topological polar surface area (TPSA) is 64.6 Å². The maximum Gasteiger partial charge on any atom is 0.251 e. The second-order valence-corrected chi connectivity index (χ2v) is 5.05. The van der Waals surface area contributed by atoms with Crippen molar-refractivity contribution in [3.63, 3.8) is 0 Å². The van der Waals surface area contributed by atoms with Crippen LogP contribution in [0, 0.1) is 0 Å². The van der Waals surface area contributed by atoms with Crippen molar-refractivity contribution >= 4 is 12.2 Å². The first kappa shape index (κ1) is 14.1. The van der Waals surface area contributed by atoms with E-state index in [9.17, 15) is 9.59 Å². The van der Waals surface area contributed by atoms with Gasteiger partial charge < -0.3 is 14.8 Å². The molecule has 1 aliphatic rings. The molecule has 5 nitrogen and oxygen atoms in total. The molecule has 1 N–H and O–H groups in total. The summed E-state index contributed by atoms with van der Waals surface area (Å²) in [7, 11) is 0. The van der Waals surface area contributed by atoms with Crippen LogP contribution in [0.1, 0.15) is 39.2 Å². The molecule has 0 bridgehead atoms. The molecule has 112 valence electrons. The van der Waals surface area contributed by atoms with Gasteiger partial charge in [-0.1, -0.05) is 18.2 Å². The summed E-state index contributed by atoms with van der Waals surface area (Å²) in [6, 6.07) is 11.9. The van der Waals surface area contributed by atoms with E-state index in [0.717, 1.165) is 11.8 Å². The van der Waals surface area contributed by atoms with Crippen molar-refractivity contribution in [1.29, 1.82) is 0 Å². The Kier molecular flexibility index (Phi) is 3.78. The van der Waals surface area contributed by atoms with Gasteiger partial charge in [0.25, 0.3) is 5.91 Å². The van der Waals surface area contributed by atoms with Crippen LogP contribution in [-0.2, 0) is 0 Å². The molecule has 3 rings (SSSR count). The third kappa shape index (κ3) is 2.79. The monoisotopic (exact) mass is 297 g/mol. The highest BCUT2D eigenvalue weighted by atomic mass is 16.7. The van der Waals surface area contributed by atoms with Crippen LogP contribution in [0.4, 0.5) is 0 Å². The van der Waals surface area contributed by atoms with Gasteiger partial charge in [0, 0.05) is 11.1 Å². The Balaban J connectivity index is 1.71. The van der Waals surface area contributed by atoms with Crippen LogP contribution in [0.2, 0.25) is 0 Å². The minimum absolute atomic E-state index is 0.173. The van der Waals surface area contributed by atoms with Gasteiger partial charge in [0.05, 0.1) is 6.04 Å². The molecule has 2 aromatic carbocycles. The number of nitrogens with one attached hydrogen (secondary N) is 1. The maximum atomic E-state index is 12.2. The van der Waals surface area contributed by atoms with Crippen molar-refractivity contribution in [2.75, 3.05) is 6.79 Å². The van der Waals surface area contributed by atoms with Crippen molar-refractivity contribution < 1.29 is 19.1 Å². The first-order valence-electron chi connectivity index (χ1n) is 6.93. The van der Waals surface area contributed by atoms with Gasteiger partial charge in [-0.2, -0.15) is 0 Å². The van der Waals surface area contributed by atoms with E-state index in [1.165, 1.54) is 0 Å². The molecule has 5 heteroatoms. The summed E-state index contributed by atoms with van der Waals surface area (Å²) in [6.45, 7) is 2.12. The third-order valence-electron chi connectivity index (χ3n) is 3.55. The first-order valence-corrected chi connectivity index (χ1v) is 6.93. The summed E-state index contributed by atoms with van der Waals surface area (Å²) in [5.41, 5.74) is 1.99. The number of benzene rings is 2. The molecule has 1 atom stereocenters. The quantitative estimate of drug-likeness (QED) is 0.881. The molecule has 22 heavy (non-hydrogen) atoms. The lowest BCUT2D eigenvalue weighted by Gasteiger charge is -2.15. The van der Waals surface area contributed by atoms with E-state index < -0.39 is 0 Å². The number of amides is 1. The lowest BCUT2D eigenvalue weighted by atomic mass is 10.1. The highest BCUT2D eigenvalue weighted by Crippen LogP contribution is 2.34. The Labute approximate surface area is 127 Å². The molecule has 0 spiro atoms. The zero-order valence-electron chi connectivity index (χ0n) is 12.0. The van der Waals surface area contributed by atoms with Gasteiger partial charge in [0.2, 0.25) is 6.79 Å². The zero-order valence-corrected chi connectivity index (χ0v) is 12.0. The van der Waals surface area contributed by atoms with Crippen LogP contribution in [0.25, 0.3) is 0 Å². The highest BCUT2D eigenvalue weighted by Gasteiger charge is 2.17. The van der Waals surface area contributed by atoms with Gasteiger partial charge in [-0.3, -0.25) is 9.59 Å². The third-order valence-corrected chi connectivity index (χ3v) is 3.55. The molecule has 1 heterocycles. The molecular formula is C17H15NO4. The van der Waals surface area contributed by atoms with E-state index in [1.54, 1.807) is 24.3 Å². The number of rotatable bonds is 4. The van der Waals surface area contributed by atoms with Crippen LogP contribution in [0.3, 0.4) is 0 Å². The fourth-order valence-electron chi connectivity index (χ4n) is 2.26. The Bertz CT molecular complexity index is 709. The molecule has 0 radical (unpaired) electrons. The predicted octanol–water partition coefficient (Wildman–Crippen LogP) is 2.72. The molecular weight excluding hydrogens is 282 g/mol. The Morgan fingerprint density at radius 3 is 2.59 bits per heavy atom. The smallest absolute Gasteiger partial charge is 0.251 e. The minimum atomic E-state index is -0.192. The number of hydrogen-bond acceptors (Lipinski definition) is 4. The summed E-state index contributed by atoms with van der Waals surface area (Å²) >= 11 is 0. The van der Waals surface area contributed by atoms with Crippen LogP contribution >= 0.6 is 0 Å². The summed E-state index contributed by atoms with van der Waals surface area (Å²) in [6.07, 6.45) is 0.747. The minimum Gasteiger partial charge on any atom is -0.454 e. The lowest BCUT2D eigenvalue weighted by molar-refractivity contribution is 0.0939. The second kappa shape index (κ2) is 5.89. The summed E-state index contributed by atoms with van der Waals surface area (Å²) < 4.78 is 10.6. The summed E-state index contributed by atoms with van der Waals surface area (Å²) in [4.78, 5) is 22.8. The van der Waals surface area contributed by atoms with Crippen molar-refractivity contribution in [3.8, 4) is 11.5 Å². The van der Waals surface area contributed by atoms with Gasteiger partial charge in [-0.15, -0.1) is 0 Å². The number of ether oxygens (including phenoxy) is 2. The van der Waals surface area contributed by atoms with Gasteiger partial charge >= 0.3 is 0 Å². The summed E-state index contributed by atoms with van der Waals surface area (Å²) in [5, 5.41) is 2.92. The molecule has 1 amide bonds. The number of hydrogen-bond donors (Lipinski definition) is 1. The van der Waals surface area contributed by atoms with Crippen LogP contribution in [-0.4, -0.2) is 19.0 Å². The molecule has 0 fully saturated rings. The number of aldehydes is 1. The van der Waals surface area contributed by atoms with Crippen molar-refractivity contribution in [2.24, 2.45) is 0 Å². The standard InChI is InChI=1S/C17H15NO4/c1-11(14-6-7-15-16(8-14)22-10-21-15)18-17(20)13-4-2-12(9-19)3-5-13/h2-9,11H,10H2,1H3,(H,18,20). The van der Waals surface area contributed by atoms with Crippen LogP contribution in [0.15, 0.2) is 42.5 Å². The molecule has 0 aliphatic carbocycles. The molecule has 0 saturated carbocycles. The molecule has 1 unspecified atom stereocenters. The van der Waals surface area contributed by atoms with Crippen LogP contribution in [0.5, 0.6) is 11.5 Å². The molecule has 2 aromatic rings. The normalized spacial score (nSPS) is 13.5. The van der Waals surface area contributed by atoms with E-state index in [2.05, 4.69) is 5.32 Å². The number of carbonyl (C=O) groups is 2. The fourth-order valence-corrected chi connectivity index (χ4v) is 2.26. The second-order valence-electron chi connectivity index (χ2n) is 5.05.